The number of hydrogen-bond donors (Lipinski definition) is 0. The molecule has 3 rings (SSSR count). The van der Waals surface area contributed by atoms with E-state index in [2.05, 4.69) is 6.58 Å². The summed E-state index contributed by atoms with van der Waals surface area (Å²) in [6, 6.07) is 0. The second-order valence-electron chi connectivity index (χ2n) is 6.52. The normalized spacial score (nSPS) is 43.9. The molecule has 0 amide bonds. The van der Waals surface area contributed by atoms with Crippen molar-refractivity contribution in [2.75, 3.05) is 13.2 Å². The minimum Gasteiger partial charge on any atom is -0.368 e. The first kappa shape index (κ1) is 15.4. The first-order valence-electron chi connectivity index (χ1n) is 7.37. The highest BCUT2D eigenvalue weighted by Gasteiger charge is 2.58. The van der Waals surface area contributed by atoms with Crippen molar-refractivity contribution in [1.29, 1.82) is 0 Å². The van der Waals surface area contributed by atoms with Gasteiger partial charge in [-0.2, -0.15) is 0 Å². The molecule has 0 aromatic heterocycles. The van der Waals surface area contributed by atoms with Gasteiger partial charge in [-0.3, -0.25) is 0 Å². The van der Waals surface area contributed by atoms with E-state index in [4.69, 9.17) is 28.4 Å². The minimum absolute atomic E-state index is 0.198. The molecule has 3 aliphatic rings. The largest absolute Gasteiger partial charge is 0.368 e. The van der Waals surface area contributed by atoms with Crippen LogP contribution in [0.4, 0.5) is 0 Å². The smallest absolute Gasteiger partial charge is 0.190 e. The van der Waals surface area contributed by atoms with Crippen LogP contribution in [-0.4, -0.2) is 55.5 Å². The van der Waals surface area contributed by atoms with Crippen LogP contribution in [-0.2, 0) is 28.4 Å². The van der Waals surface area contributed by atoms with Gasteiger partial charge in [0.25, 0.3) is 0 Å². The average Bonchev–Trinajstić information content (AvgIpc) is 2.96. The van der Waals surface area contributed by atoms with Crippen molar-refractivity contribution in [1.82, 2.24) is 0 Å². The van der Waals surface area contributed by atoms with E-state index in [1.807, 2.05) is 27.7 Å². The molecule has 0 aromatic carbocycles. The van der Waals surface area contributed by atoms with Crippen molar-refractivity contribution in [3.05, 3.63) is 12.7 Å². The zero-order chi connectivity index (χ0) is 15.3. The highest BCUT2D eigenvalue weighted by atomic mass is 16.8. The Morgan fingerprint density at radius 2 is 1.86 bits per heavy atom. The van der Waals surface area contributed by atoms with Crippen molar-refractivity contribution in [2.45, 2.75) is 70.0 Å². The first-order chi connectivity index (χ1) is 9.81. The summed E-state index contributed by atoms with van der Waals surface area (Å²) in [6.07, 6.45) is 0.261. The van der Waals surface area contributed by atoms with Gasteiger partial charge in [0.15, 0.2) is 17.9 Å². The molecule has 3 aliphatic heterocycles. The highest BCUT2D eigenvalue weighted by Crippen LogP contribution is 2.41. The van der Waals surface area contributed by atoms with E-state index in [9.17, 15) is 0 Å². The summed E-state index contributed by atoms with van der Waals surface area (Å²) in [4.78, 5) is 0. The molecular weight excluding hydrogens is 276 g/mol. The molecule has 3 fully saturated rings. The van der Waals surface area contributed by atoms with Gasteiger partial charge in [0.05, 0.1) is 13.2 Å². The van der Waals surface area contributed by atoms with Crippen molar-refractivity contribution in [3.8, 4) is 0 Å². The summed E-state index contributed by atoms with van der Waals surface area (Å²) < 4.78 is 35.1. The maximum Gasteiger partial charge on any atom is 0.190 e. The molecule has 0 N–H and O–H groups in total. The van der Waals surface area contributed by atoms with Crippen molar-refractivity contribution >= 4 is 0 Å². The predicted octanol–water partition coefficient (Wildman–Crippen LogP) is 1.59. The fourth-order valence-corrected chi connectivity index (χ4v) is 3.05. The molecule has 6 heteroatoms. The molecule has 5 atom stereocenters. The average molecular weight is 300 g/mol. The summed E-state index contributed by atoms with van der Waals surface area (Å²) in [5.74, 6) is -1.27. The Morgan fingerprint density at radius 3 is 2.48 bits per heavy atom. The van der Waals surface area contributed by atoms with E-state index in [1.54, 1.807) is 6.08 Å². The number of hydrogen-bond acceptors (Lipinski definition) is 6. The van der Waals surface area contributed by atoms with Crippen LogP contribution in [0.2, 0.25) is 0 Å². The Hall–Kier alpha value is -0.500. The molecule has 6 nitrogen and oxygen atoms in total. The van der Waals surface area contributed by atoms with Crippen LogP contribution in [0.15, 0.2) is 12.7 Å². The van der Waals surface area contributed by atoms with E-state index in [0.717, 1.165) is 0 Å². The fourth-order valence-electron chi connectivity index (χ4n) is 3.05. The van der Waals surface area contributed by atoms with Crippen molar-refractivity contribution < 1.29 is 28.4 Å². The summed E-state index contributed by atoms with van der Waals surface area (Å²) in [7, 11) is 0. The molecular formula is C15H24O6. The maximum absolute atomic E-state index is 6.00. The van der Waals surface area contributed by atoms with Crippen LogP contribution < -0.4 is 0 Å². The van der Waals surface area contributed by atoms with Gasteiger partial charge in [0.2, 0.25) is 0 Å². The maximum atomic E-state index is 6.00. The third-order valence-electron chi connectivity index (χ3n) is 3.83. The Balaban J connectivity index is 1.73. The number of ether oxygens (including phenoxy) is 6. The van der Waals surface area contributed by atoms with E-state index in [1.165, 1.54) is 0 Å². The molecule has 120 valence electrons. The third-order valence-corrected chi connectivity index (χ3v) is 3.83. The first-order valence-corrected chi connectivity index (χ1v) is 7.37. The van der Waals surface area contributed by atoms with E-state index in [-0.39, 0.29) is 24.4 Å². The molecule has 0 saturated carbocycles. The number of fused-ring (bicyclic) bond motifs is 1. The van der Waals surface area contributed by atoms with Gasteiger partial charge in [-0.15, -0.1) is 6.58 Å². The Labute approximate surface area is 125 Å². The molecule has 0 aromatic rings. The molecule has 3 heterocycles. The van der Waals surface area contributed by atoms with Crippen LogP contribution in [0.1, 0.15) is 27.7 Å². The van der Waals surface area contributed by atoms with Gasteiger partial charge in [-0.1, -0.05) is 6.08 Å². The van der Waals surface area contributed by atoms with Gasteiger partial charge >= 0.3 is 0 Å². The lowest BCUT2D eigenvalue weighted by atomic mass is 10.1. The molecule has 1 unspecified atom stereocenters. The second kappa shape index (κ2) is 5.30. The van der Waals surface area contributed by atoms with Crippen molar-refractivity contribution in [2.24, 2.45) is 0 Å². The Kier molecular flexibility index (Phi) is 3.88. The standard InChI is InChI=1S/C15H24O6/c1-6-7-16-11-10(9-8-17-14(2,3)19-9)18-13-12(11)20-15(4,5)21-13/h6,9-13H,1,7-8H2,2-5H3/t9-,10-,11+,12-,13?/m1/s1. The summed E-state index contributed by atoms with van der Waals surface area (Å²) in [5.41, 5.74) is 0. The van der Waals surface area contributed by atoms with E-state index >= 15 is 0 Å². The lowest BCUT2D eigenvalue weighted by Gasteiger charge is -2.28. The summed E-state index contributed by atoms with van der Waals surface area (Å²) >= 11 is 0. The quantitative estimate of drug-likeness (QED) is 0.735. The monoisotopic (exact) mass is 300 g/mol. The Morgan fingerprint density at radius 1 is 1.10 bits per heavy atom. The zero-order valence-electron chi connectivity index (χ0n) is 13.0. The van der Waals surface area contributed by atoms with Gasteiger partial charge in [0.1, 0.15) is 24.4 Å². The summed E-state index contributed by atoms with van der Waals surface area (Å²) in [5, 5.41) is 0. The second-order valence-corrected chi connectivity index (χ2v) is 6.52. The van der Waals surface area contributed by atoms with Gasteiger partial charge in [0, 0.05) is 0 Å². The van der Waals surface area contributed by atoms with E-state index < -0.39 is 17.9 Å². The van der Waals surface area contributed by atoms with Crippen LogP contribution >= 0.6 is 0 Å². The van der Waals surface area contributed by atoms with Crippen LogP contribution in [0.3, 0.4) is 0 Å². The molecule has 0 spiro atoms. The van der Waals surface area contributed by atoms with E-state index in [0.29, 0.717) is 13.2 Å². The number of rotatable bonds is 4. The topological polar surface area (TPSA) is 55.4 Å². The SMILES string of the molecule is C=CCO[C@H]1[C@@H]([C@H]2COC(C)(C)O2)OC2OC(C)(C)O[C@@H]21. The highest BCUT2D eigenvalue weighted by molar-refractivity contribution is 4.99. The molecule has 21 heavy (non-hydrogen) atoms. The predicted molar refractivity (Wildman–Crippen MR) is 73.5 cm³/mol. The van der Waals surface area contributed by atoms with Crippen LogP contribution in [0, 0.1) is 0 Å². The van der Waals surface area contributed by atoms with Gasteiger partial charge < -0.3 is 28.4 Å². The van der Waals surface area contributed by atoms with Gasteiger partial charge in [-0.25, -0.2) is 0 Å². The Bertz CT molecular complexity index is 407. The zero-order valence-corrected chi connectivity index (χ0v) is 13.0. The molecule has 0 aliphatic carbocycles. The molecule has 0 bridgehead atoms. The van der Waals surface area contributed by atoms with Crippen LogP contribution in [0.5, 0.6) is 0 Å². The minimum atomic E-state index is -0.664. The molecule has 0 radical (unpaired) electrons. The van der Waals surface area contributed by atoms with Crippen LogP contribution in [0.25, 0.3) is 0 Å². The third kappa shape index (κ3) is 3.02. The fraction of sp³-hybridized carbons (Fsp3) is 0.867. The van der Waals surface area contributed by atoms with Crippen molar-refractivity contribution in [3.63, 3.8) is 0 Å². The van der Waals surface area contributed by atoms with Gasteiger partial charge in [-0.05, 0) is 27.7 Å². The molecule has 3 saturated heterocycles. The summed E-state index contributed by atoms with van der Waals surface area (Å²) in [6.45, 7) is 12.1. The lowest BCUT2D eigenvalue weighted by Crippen LogP contribution is -2.44. The lowest BCUT2D eigenvalue weighted by molar-refractivity contribution is -0.235.